The van der Waals surface area contributed by atoms with Gasteiger partial charge in [0.05, 0.1) is 19.0 Å². The molecule has 0 atom stereocenters. The maximum Gasteiger partial charge on any atom is 0.161 e. The zero-order chi connectivity index (χ0) is 20.5. The zero-order valence-electron chi connectivity index (χ0n) is 16.5. The first-order valence-electron chi connectivity index (χ1n) is 9.92. The molecule has 1 saturated heterocycles. The molecule has 0 radical (unpaired) electrons. The monoisotopic (exact) mass is 407 g/mol. The van der Waals surface area contributed by atoms with Crippen molar-refractivity contribution in [2.75, 3.05) is 25.5 Å². The van der Waals surface area contributed by atoms with E-state index in [4.69, 9.17) is 9.72 Å². The Kier molecular flexibility index (Phi) is 4.80. The highest BCUT2D eigenvalue weighted by atomic mass is 19.1. The first kappa shape index (κ1) is 18.6. The number of H-pyrrole nitrogens is 1. The smallest absolute Gasteiger partial charge is 0.161 e. The van der Waals surface area contributed by atoms with Crippen LogP contribution in [0.3, 0.4) is 0 Å². The minimum Gasteiger partial charge on any atom is -0.496 e. The van der Waals surface area contributed by atoms with Gasteiger partial charge in [-0.3, -0.25) is 5.10 Å². The lowest BCUT2D eigenvalue weighted by Crippen LogP contribution is -2.29. The summed E-state index contributed by atoms with van der Waals surface area (Å²) in [6, 6.07) is 8.65. The average molecular weight is 407 g/mol. The van der Waals surface area contributed by atoms with Crippen LogP contribution in [0.4, 0.5) is 16.0 Å². The second-order valence-electron chi connectivity index (χ2n) is 7.30. The van der Waals surface area contributed by atoms with Gasteiger partial charge in [0.15, 0.2) is 17.3 Å². The molecule has 9 heteroatoms. The van der Waals surface area contributed by atoms with Gasteiger partial charge in [0.2, 0.25) is 0 Å². The normalized spacial score (nSPS) is 14.9. The van der Waals surface area contributed by atoms with E-state index in [0.717, 1.165) is 42.7 Å². The highest BCUT2D eigenvalue weighted by Crippen LogP contribution is 2.31. The van der Waals surface area contributed by atoms with Gasteiger partial charge >= 0.3 is 0 Å². The van der Waals surface area contributed by atoms with Crippen molar-refractivity contribution in [3.05, 3.63) is 48.5 Å². The highest BCUT2D eigenvalue weighted by Gasteiger charge is 2.18. The number of rotatable bonds is 5. The molecule has 0 unspecified atom stereocenters. The van der Waals surface area contributed by atoms with Crippen LogP contribution in [0.15, 0.2) is 42.7 Å². The summed E-state index contributed by atoms with van der Waals surface area (Å²) < 4.78 is 21.0. The molecule has 3 N–H and O–H groups in total. The number of piperidine rings is 1. The van der Waals surface area contributed by atoms with E-state index >= 15 is 0 Å². The third kappa shape index (κ3) is 3.48. The number of aromatic nitrogens is 5. The van der Waals surface area contributed by atoms with Crippen molar-refractivity contribution >= 4 is 22.8 Å². The molecule has 154 valence electrons. The van der Waals surface area contributed by atoms with E-state index < -0.39 is 0 Å². The van der Waals surface area contributed by atoms with Gasteiger partial charge in [-0.25, -0.2) is 14.4 Å². The summed E-state index contributed by atoms with van der Waals surface area (Å²) in [7, 11) is 1.51. The molecule has 0 aliphatic carbocycles. The number of fused-ring (bicyclic) bond motifs is 1. The lowest BCUT2D eigenvalue weighted by molar-refractivity contribution is 0.375. The summed E-state index contributed by atoms with van der Waals surface area (Å²) in [4.78, 5) is 9.31. The van der Waals surface area contributed by atoms with Gasteiger partial charge in [0.1, 0.15) is 17.1 Å². The van der Waals surface area contributed by atoms with E-state index in [2.05, 4.69) is 36.6 Å². The average Bonchev–Trinajstić information content (AvgIpc) is 3.41. The Morgan fingerprint density at radius 1 is 1.17 bits per heavy atom. The second kappa shape index (κ2) is 7.75. The SMILES string of the molecule is COc1cc(F)ccc1-c1cc(Nc2cnc3ccn(C4CCNCC4)c3n2)n[nH]1. The van der Waals surface area contributed by atoms with Gasteiger partial charge in [-0.1, -0.05) is 0 Å². The molecule has 1 aromatic carbocycles. The molecule has 0 bridgehead atoms. The highest BCUT2D eigenvalue weighted by molar-refractivity contribution is 5.75. The van der Waals surface area contributed by atoms with Crippen molar-refractivity contribution in [2.45, 2.75) is 18.9 Å². The number of ether oxygens (including phenoxy) is 1. The molecule has 0 spiro atoms. The quantitative estimate of drug-likeness (QED) is 0.468. The molecular weight excluding hydrogens is 385 g/mol. The summed E-state index contributed by atoms with van der Waals surface area (Å²) >= 11 is 0. The van der Waals surface area contributed by atoms with Crippen molar-refractivity contribution in [3.63, 3.8) is 0 Å². The van der Waals surface area contributed by atoms with Crippen molar-refractivity contribution < 1.29 is 9.13 Å². The van der Waals surface area contributed by atoms with Crippen molar-refractivity contribution in [2.24, 2.45) is 0 Å². The van der Waals surface area contributed by atoms with Crippen LogP contribution >= 0.6 is 0 Å². The fourth-order valence-electron chi connectivity index (χ4n) is 3.90. The Bertz CT molecular complexity index is 1180. The van der Waals surface area contributed by atoms with Gasteiger partial charge in [-0.15, -0.1) is 0 Å². The number of anilines is 2. The van der Waals surface area contributed by atoms with Crippen LogP contribution in [0.5, 0.6) is 5.75 Å². The van der Waals surface area contributed by atoms with Crippen LogP contribution in [0.25, 0.3) is 22.4 Å². The summed E-state index contributed by atoms with van der Waals surface area (Å²) in [5.74, 6) is 1.28. The van der Waals surface area contributed by atoms with E-state index in [0.29, 0.717) is 29.1 Å². The number of aromatic amines is 1. The summed E-state index contributed by atoms with van der Waals surface area (Å²) in [6.45, 7) is 2.03. The van der Waals surface area contributed by atoms with Gasteiger partial charge < -0.3 is 19.9 Å². The number of nitrogens with zero attached hydrogens (tertiary/aromatic N) is 4. The lowest BCUT2D eigenvalue weighted by atomic mass is 10.1. The molecule has 3 aromatic heterocycles. The summed E-state index contributed by atoms with van der Waals surface area (Å²) in [5.41, 5.74) is 3.17. The van der Waals surface area contributed by atoms with E-state index in [1.807, 2.05) is 12.1 Å². The number of hydrogen-bond acceptors (Lipinski definition) is 6. The number of halogens is 1. The fourth-order valence-corrected chi connectivity index (χ4v) is 3.90. The Morgan fingerprint density at radius 2 is 2.03 bits per heavy atom. The molecule has 0 amide bonds. The minimum absolute atomic E-state index is 0.353. The topological polar surface area (TPSA) is 92.7 Å². The number of nitrogens with one attached hydrogen (secondary N) is 3. The third-order valence-electron chi connectivity index (χ3n) is 5.41. The van der Waals surface area contributed by atoms with Crippen LogP contribution in [-0.4, -0.2) is 44.9 Å². The van der Waals surface area contributed by atoms with Gasteiger partial charge in [0.25, 0.3) is 0 Å². The largest absolute Gasteiger partial charge is 0.496 e. The van der Waals surface area contributed by atoms with Gasteiger partial charge in [-0.2, -0.15) is 5.10 Å². The molecule has 4 heterocycles. The van der Waals surface area contributed by atoms with E-state index in [1.54, 1.807) is 12.3 Å². The fraction of sp³-hybridized carbons (Fsp3) is 0.286. The van der Waals surface area contributed by atoms with E-state index in [1.165, 1.54) is 19.2 Å². The maximum atomic E-state index is 13.5. The number of methoxy groups -OCH3 is 1. The van der Waals surface area contributed by atoms with Gasteiger partial charge in [-0.05, 0) is 44.1 Å². The predicted octanol–water partition coefficient (Wildman–Crippen LogP) is 3.64. The van der Waals surface area contributed by atoms with Crippen LogP contribution in [-0.2, 0) is 0 Å². The number of benzene rings is 1. The number of hydrogen-bond donors (Lipinski definition) is 3. The van der Waals surface area contributed by atoms with Gasteiger partial charge in [0, 0.05) is 29.9 Å². The molecule has 8 nitrogen and oxygen atoms in total. The Labute approximate surface area is 172 Å². The van der Waals surface area contributed by atoms with Crippen molar-refractivity contribution in [1.82, 2.24) is 30.0 Å². The predicted molar refractivity (Wildman–Crippen MR) is 112 cm³/mol. The molecular formula is C21H22FN7O. The van der Waals surface area contributed by atoms with Crippen LogP contribution in [0.1, 0.15) is 18.9 Å². The Morgan fingerprint density at radius 3 is 2.87 bits per heavy atom. The van der Waals surface area contributed by atoms with Crippen molar-refractivity contribution in [1.29, 1.82) is 0 Å². The molecule has 5 rings (SSSR count). The van der Waals surface area contributed by atoms with Crippen molar-refractivity contribution in [3.8, 4) is 17.0 Å². The molecule has 0 saturated carbocycles. The first-order valence-corrected chi connectivity index (χ1v) is 9.92. The van der Waals surface area contributed by atoms with Crippen LogP contribution in [0, 0.1) is 5.82 Å². The first-order chi connectivity index (χ1) is 14.7. The van der Waals surface area contributed by atoms with Crippen LogP contribution < -0.4 is 15.4 Å². The summed E-state index contributed by atoms with van der Waals surface area (Å²) in [6.07, 6.45) is 5.91. The Hall–Kier alpha value is -3.46. The van der Waals surface area contributed by atoms with E-state index in [-0.39, 0.29) is 5.82 Å². The van der Waals surface area contributed by atoms with E-state index in [9.17, 15) is 4.39 Å². The second-order valence-corrected chi connectivity index (χ2v) is 7.30. The maximum absolute atomic E-state index is 13.5. The molecule has 1 aliphatic heterocycles. The lowest BCUT2D eigenvalue weighted by Gasteiger charge is -2.24. The molecule has 1 fully saturated rings. The Balaban J connectivity index is 1.41. The summed E-state index contributed by atoms with van der Waals surface area (Å²) in [5, 5.41) is 13.8. The molecule has 4 aromatic rings. The minimum atomic E-state index is -0.353. The van der Waals surface area contributed by atoms with Crippen LogP contribution in [0.2, 0.25) is 0 Å². The molecule has 1 aliphatic rings. The third-order valence-corrected chi connectivity index (χ3v) is 5.41. The molecule has 30 heavy (non-hydrogen) atoms. The zero-order valence-corrected chi connectivity index (χ0v) is 16.5. The standard InChI is InChI=1S/C21H22FN7O/c1-30-18-10-13(22)2-3-15(18)17-11-19(28-27-17)25-20-12-24-16-6-9-29(21(16)26-20)14-4-7-23-8-5-14/h2-3,6,9-12,14,23H,4-5,7-8H2,1H3,(H2,25,26,27,28).